The minimum absolute atomic E-state index is 0. The minimum atomic E-state index is -0.0344. The Morgan fingerprint density at radius 2 is 1.70 bits per heavy atom. The predicted molar refractivity (Wildman–Crippen MR) is 34.4 cm³/mol. The van der Waals surface area contributed by atoms with Crippen molar-refractivity contribution in [2.45, 2.75) is 4.90 Å². The third-order valence-electron chi connectivity index (χ3n) is 0.929. The molecule has 0 atom stereocenters. The summed E-state index contributed by atoms with van der Waals surface area (Å²) in [5, 5.41) is 10.4. The van der Waals surface area contributed by atoms with Crippen LogP contribution in [0.15, 0.2) is 29.2 Å². The van der Waals surface area contributed by atoms with E-state index in [1.165, 1.54) is 12.1 Å². The molecular weight excluding hydrogens is 159 g/mol. The monoisotopic (exact) mass is 164 g/mol. The van der Waals surface area contributed by atoms with Gasteiger partial charge in [0.15, 0.2) is 0 Å². The second-order valence-electron chi connectivity index (χ2n) is 1.56. The molecular formula is C6H5NaO2S. The molecule has 2 nitrogen and oxygen atoms in total. The number of rotatable bonds is 1. The molecule has 0 bridgehead atoms. The first-order chi connectivity index (χ1) is 4.33. The van der Waals surface area contributed by atoms with Crippen LogP contribution in [-0.2, 0) is 0 Å². The standard InChI is InChI=1S/C6H6O2S.Na/c7-5-1-3-6(9-8)4-2-5;/h1-4,7-8H;/q;+1/p-1. The van der Waals surface area contributed by atoms with Crippen LogP contribution in [0, 0.1) is 0 Å². The summed E-state index contributed by atoms with van der Waals surface area (Å²) in [6.45, 7) is 0. The molecule has 10 heavy (non-hydrogen) atoms. The molecule has 1 rings (SSSR count). The van der Waals surface area contributed by atoms with Crippen LogP contribution in [0.2, 0.25) is 0 Å². The van der Waals surface area contributed by atoms with Crippen molar-refractivity contribution in [3.63, 3.8) is 0 Å². The van der Waals surface area contributed by atoms with Gasteiger partial charge in [0, 0.05) is 16.9 Å². The second kappa shape index (κ2) is 5.04. The zero-order valence-corrected chi connectivity index (χ0v) is 8.39. The molecule has 0 aliphatic rings. The largest absolute Gasteiger partial charge is 1.00 e. The van der Waals surface area contributed by atoms with Crippen molar-refractivity contribution in [1.29, 1.82) is 0 Å². The summed E-state index contributed by atoms with van der Waals surface area (Å²) < 4.78 is 8.44. The van der Waals surface area contributed by atoms with E-state index in [2.05, 4.69) is 0 Å². The maximum Gasteiger partial charge on any atom is 1.00 e. The molecule has 1 aromatic rings. The molecule has 0 fully saturated rings. The van der Waals surface area contributed by atoms with Crippen LogP contribution in [0.4, 0.5) is 0 Å². The van der Waals surface area contributed by atoms with Gasteiger partial charge in [-0.05, 0) is 12.1 Å². The summed E-state index contributed by atoms with van der Waals surface area (Å²) in [5.74, 6) is -0.0344. The van der Waals surface area contributed by atoms with E-state index in [9.17, 15) is 5.11 Å². The van der Waals surface area contributed by atoms with Crippen molar-refractivity contribution in [3.8, 4) is 5.75 Å². The van der Waals surface area contributed by atoms with Crippen molar-refractivity contribution in [2.24, 2.45) is 0 Å². The summed E-state index contributed by atoms with van der Waals surface area (Å²) in [6, 6.07) is 5.98. The Morgan fingerprint density at radius 1 is 1.20 bits per heavy atom. The van der Waals surface area contributed by atoms with Crippen LogP contribution in [-0.4, -0.2) is 4.55 Å². The van der Waals surface area contributed by atoms with E-state index >= 15 is 0 Å². The van der Waals surface area contributed by atoms with Crippen LogP contribution in [0.25, 0.3) is 0 Å². The molecule has 0 aliphatic carbocycles. The molecule has 48 valence electrons. The van der Waals surface area contributed by atoms with E-state index in [4.69, 9.17) is 4.55 Å². The van der Waals surface area contributed by atoms with Gasteiger partial charge in [-0.3, -0.25) is 0 Å². The molecule has 0 aliphatic heterocycles. The molecule has 4 heteroatoms. The van der Waals surface area contributed by atoms with E-state index in [0.717, 1.165) is 0 Å². The van der Waals surface area contributed by atoms with Gasteiger partial charge in [0.05, 0.1) is 0 Å². The fraction of sp³-hybridized carbons (Fsp3) is 0. The SMILES string of the molecule is [Na+].[O-]c1ccc(SO)cc1. The second-order valence-corrected chi connectivity index (χ2v) is 2.22. The first-order valence-electron chi connectivity index (χ1n) is 2.41. The topological polar surface area (TPSA) is 43.3 Å². The summed E-state index contributed by atoms with van der Waals surface area (Å²) in [5.41, 5.74) is 0. The zero-order valence-electron chi connectivity index (χ0n) is 5.57. The first kappa shape index (κ1) is 10.3. The van der Waals surface area contributed by atoms with E-state index in [1.807, 2.05) is 0 Å². The average molecular weight is 164 g/mol. The fourth-order valence-electron chi connectivity index (χ4n) is 0.501. The van der Waals surface area contributed by atoms with Crippen LogP contribution in [0.5, 0.6) is 5.75 Å². The quantitative estimate of drug-likeness (QED) is 0.398. The number of benzene rings is 1. The van der Waals surface area contributed by atoms with Crippen LogP contribution < -0.4 is 34.7 Å². The summed E-state index contributed by atoms with van der Waals surface area (Å²) >= 11 is 0.639. The number of hydrogen-bond donors (Lipinski definition) is 1. The van der Waals surface area contributed by atoms with Gasteiger partial charge in [0.25, 0.3) is 0 Å². The zero-order chi connectivity index (χ0) is 6.69. The van der Waals surface area contributed by atoms with Gasteiger partial charge in [-0.1, -0.05) is 12.1 Å². The van der Waals surface area contributed by atoms with E-state index in [1.54, 1.807) is 12.1 Å². The van der Waals surface area contributed by atoms with Gasteiger partial charge in [-0.15, -0.1) is 5.75 Å². The summed E-state index contributed by atoms with van der Waals surface area (Å²) in [4.78, 5) is 0.689. The Hall–Kier alpha value is 0.330. The van der Waals surface area contributed by atoms with Crippen LogP contribution >= 0.6 is 12.0 Å². The Bertz CT molecular complexity index is 187. The van der Waals surface area contributed by atoms with Crippen molar-refractivity contribution in [3.05, 3.63) is 24.3 Å². The first-order valence-corrected chi connectivity index (χ1v) is 3.19. The van der Waals surface area contributed by atoms with Crippen LogP contribution in [0.1, 0.15) is 0 Å². The maximum absolute atomic E-state index is 10.4. The number of hydrogen-bond acceptors (Lipinski definition) is 3. The van der Waals surface area contributed by atoms with Gasteiger partial charge in [-0.25, -0.2) is 0 Å². The molecule has 0 amide bonds. The van der Waals surface area contributed by atoms with Gasteiger partial charge < -0.3 is 9.66 Å². The van der Waals surface area contributed by atoms with Crippen molar-refractivity contribution < 1.29 is 39.2 Å². The van der Waals surface area contributed by atoms with E-state index < -0.39 is 0 Å². The smallest absolute Gasteiger partial charge is 0.872 e. The van der Waals surface area contributed by atoms with Gasteiger partial charge >= 0.3 is 29.6 Å². The van der Waals surface area contributed by atoms with Crippen LogP contribution in [0.3, 0.4) is 0 Å². The van der Waals surface area contributed by atoms with Gasteiger partial charge in [0.2, 0.25) is 0 Å². The Kier molecular flexibility index (Phi) is 5.21. The Morgan fingerprint density at radius 3 is 2.10 bits per heavy atom. The molecule has 0 aromatic heterocycles. The Labute approximate surface area is 85.8 Å². The molecule has 1 aromatic carbocycles. The maximum atomic E-state index is 10.4. The van der Waals surface area contributed by atoms with Crippen molar-refractivity contribution in [1.82, 2.24) is 0 Å². The summed E-state index contributed by atoms with van der Waals surface area (Å²) in [7, 11) is 0. The van der Waals surface area contributed by atoms with Crippen molar-refractivity contribution >= 4 is 12.0 Å². The average Bonchev–Trinajstić information content (AvgIpc) is 1.90. The normalized spacial score (nSPS) is 8.50. The fourth-order valence-corrected chi connectivity index (χ4v) is 0.758. The third kappa shape index (κ3) is 2.94. The molecule has 0 heterocycles. The third-order valence-corrected chi connectivity index (χ3v) is 1.41. The van der Waals surface area contributed by atoms with Crippen molar-refractivity contribution in [2.75, 3.05) is 0 Å². The summed E-state index contributed by atoms with van der Waals surface area (Å²) in [6.07, 6.45) is 0. The van der Waals surface area contributed by atoms with E-state index in [-0.39, 0.29) is 35.3 Å². The molecule has 0 unspecified atom stereocenters. The van der Waals surface area contributed by atoms with E-state index in [0.29, 0.717) is 16.9 Å². The molecule has 0 saturated carbocycles. The minimum Gasteiger partial charge on any atom is -0.872 e. The molecule has 0 radical (unpaired) electrons. The molecule has 1 N–H and O–H groups in total. The molecule has 0 saturated heterocycles. The predicted octanol–water partition coefficient (Wildman–Crippen LogP) is -1.67. The van der Waals surface area contributed by atoms with Gasteiger partial charge in [0.1, 0.15) is 0 Å². The Balaban J connectivity index is 0.000000810. The van der Waals surface area contributed by atoms with Gasteiger partial charge in [-0.2, -0.15) is 0 Å². The molecule has 0 spiro atoms.